The quantitative estimate of drug-likeness (QED) is 0.416. The molecule has 1 saturated carbocycles. The number of rotatable bonds is 5. The second kappa shape index (κ2) is 6.17. The molecule has 82 valence electrons. The van der Waals surface area contributed by atoms with Crippen LogP contribution in [0, 0.1) is 0 Å². The van der Waals surface area contributed by atoms with E-state index in [2.05, 4.69) is 24.2 Å². The Kier molecular flexibility index (Phi) is 5.15. The van der Waals surface area contributed by atoms with Crippen LogP contribution in [0.2, 0.25) is 0 Å². The molecule has 0 saturated heterocycles. The first-order chi connectivity index (χ1) is 6.68. The predicted octanol–water partition coefficient (Wildman–Crippen LogP) is 1.58. The zero-order chi connectivity index (χ0) is 10.4. The highest BCUT2D eigenvalue weighted by Gasteiger charge is 2.16. The summed E-state index contributed by atoms with van der Waals surface area (Å²) in [5, 5.41) is 3.91. The number of thioether (sulfide) groups is 1. The van der Waals surface area contributed by atoms with Gasteiger partial charge in [-0.15, -0.1) is 0 Å². The van der Waals surface area contributed by atoms with Crippen molar-refractivity contribution in [1.82, 2.24) is 5.32 Å². The molecule has 1 fully saturated rings. The summed E-state index contributed by atoms with van der Waals surface area (Å²) >= 11 is 1.92. The summed E-state index contributed by atoms with van der Waals surface area (Å²) < 4.78 is 0. The van der Waals surface area contributed by atoms with Gasteiger partial charge in [0.1, 0.15) is 0 Å². The molecule has 1 aliphatic rings. The number of aliphatic imine (C=N–C) groups is 1. The highest BCUT2D eigenvalue weighted by molar-refractivity contribution is 7.99. The lowest BCUT2D eigenvalue weighted by molar-refractivity contribution is 0.382. The van der Waals surface area contributed by atoms with Crippen LogP contribution in [-0.4, -0.2) is 29.5 Å². The fourth-order valence-corrected chi connectivity index (χ4v) is 1.93. The van der Waals surface area contributed by atoms with Gasteiger partial charge in [0.15, 0.2) is 5.96 Å². The van der Waals surface area contributed by atoms with Crippen molar-refractivity contribution in [2.75, 3.05) is 12.3 Å². The third-order valence-electron chi connectivity index (χ3n) is 2.28. The topological polar surface area (TPSA) is 50.4 Å². The molecule has 0 aromatic rings. The molecular formula is C10H21N3S. The van der Waals surface area contributed by atoms with Gasteiger partial charge in [0.2, 0.25) is 0 Å². The summed E-state index contributed by atoms with van der Waals surface area (Å²) in [6.07, 6.45) is 3.82. The van der Waals surface area contributed by atoms with Crippen molar-refractivity contribution in [2.24, 2.45) is 10.7 Å². The van der Waals surface area contributed by atoms with Gasteiger partial charge in [-0.25, -0.2) is 0 Å². The van der Waals surface area contributed by atoms with Crippen molar-refractivity contribution in [3.8, 4) is 0 Å². The summed E-state index contributed by atoms with van der Waals surface area (Å²) in [6.45, 7) is 5.23. The summed E-state index contributed by atoms with van der Waals surface area (Å²) in [5.74, 6) is 1.68. The number of hydrogen-bond donors (Lipinski definition) is 2. The molecule has 1 aliphatic carbocycles. The molecule has 3 N–H and O–H groups in total. The molecule has 0 aromatic carbocycles. The van der Waals surface area contributed by atoms with E-state index in [1.807, 2.05) is 11.8 Å². The second-order valence-corrected chi connectivity index (χ2v) is 5.64. The van der Waals surface area contributed by atoms with E-state index in [9.17, 15) is 0 Å². The van der Waals surface area contributed by atoms with Crippen LogP contribution in [-0.2, 0) is 0 Å². The minimum Gasteiger partial charge on any atom is -0.370 e. The van der Waals surface area contributed by atoms with E-state index in [-0.39, 0.29) is 0 Å². The summed E-state index contributed by atoms with van der Waals surface area (Å²) in [7, 11) is 0. The Morgan fingerprint density at radius 2 is 2.29 bits per heavy atom. The molecule has 0 bridgehead atoms. The predicted molar refractivity (Wildman–Crippen MR) is 64.9 cm³/mol. The third-order valence-corrected chi connectivity index (χ3v) is 3.37. The Balaban J connectivity index is 2.03. The molecule has 4 heteroatoms. The lowest BCUT2D eigenvalue weighted by atomic mass is 9.93. The molecule has 0 aliphatic heterocycles. The van der Waals surface area contributed by atoms with Gasteiger partial charge in [-0.1, -0.05) is 13.8 Å². The van der Waals surface area contributed by atoms with Gasteiger partial charge in [0.05, 0.1) is 6.54 Å². The van der Waals surface area contributed by atoms with Gasteiger partial charge in [-0.05, 0) is 24.5 Å². The summed E-state index contributed by atoms with van der Waals surface area (Å²) in [6, 6.07) is 0.594. The van der Waals surface area contributed by atoms with Crippen molar-refractivity contribution in [3.63, 3.8) is 0 Å². The van der Waals surface area contributed by atoms with Crippen molar-refractivity contribution >= 4 is 17.7 Å². The Labute approximate surface area is 90.9 Å². The van der Waals surface area contributed by atoms with E-state index in [1.54, 1.807) is 0 Å². The second-order valence-electron chi connectivity index (χ2n) is 3.96. The first-order valence-corrected chi connectivity index (χ1v) is 6.41. The van der Waals surface area contributed by atoms with Crippen molar-refractivity contribution in [2.45, 2.75) is 44.4 Å². The molecule has 0 spiro atoms. The first-order valence-electron chi connectivity index (χ1n) is 5.36. The average Bonchev–Trinajstić information content (AvgIpc) is 2.05. The smallest absolute Gasteiger partial charge is 0.188 e. The maximum Gasteiger partial charge on any atom is 0.188 e. The average molecular weight is 215 g/mol. The largest absolute Gasteiger partial charge is 0.370 e. The highest BCUT2D eigenvalue weighted by Crippen LogP contribution is 2.17. The van der Waals surface area contributed by atoms with Gasteiger partial charge < -0.3 is 11.1 Å². The third kappa shape index (κ3) is 4.74. The Morgan fingerprint density at radius 3 is 2.79 bits per heavy atom. The van der Waals surface area contributed by atoms with E-state index >= 15 is 0 Å². The van der Waals surface area contributed by atoms with E-state index in [0.29, 0.717) is 17.3 Å². The molecule has 0 aromatic heterocycles. The summed E-state index contributed by atoms with van der Waals surface area (Å²) in [4.78, 5) is 4.28. The zero-order valence-corrected chi connectivity index (χ0v) is 9.94. The maximum atomic E-state index is 5.73. The molecule has 0 heterocycles. The van der Waals surface area contributed by atoms with Gasteiger partial charge in [-0.2, -0.15) is 11.8 Å². The lowest BCUT2D eigenvalue weighted by Crippen LogP contribution is -2.43. The number of nitrogens with zero attached hydrogens (tertiary/aromatic N) is 1. The monoisotopic (exact) mass is 215 g/mol. The van der Waals surface area contributed by atoms with Crippen LogP contribution < -0.4 is 11.1 Å². The van der Waals surface area contributed by atoms with Crippen LogP contribution in [0.4, 0.5) is 0 Å². The van der Waals surface area contributed by atoms with Gasteiger partial charge in [0, 0.05) is 11.8 Å². The number of guanidine groups is 1. The Morgan fingerprint density at radius 1 is 1.57 bits per heavy atom. The Hall–Kier alpha value is -0.380. The fourth-order valence-electron chi connectivity index (χ4n) is 1.26. The molecule has 0 amide bonds. The standard InChI is InChI=1S/C10H21N3S/c1-8(2)14-7-6-12-10(11)13-9-4-3-5-9/h8-9H,3-7H2,1-2H3,(H3,11,12,13). The van der Waals surface area contributed by atoms with Crippen LogP contribution in [0.1, 0.15) is 33.1 Å². The first kappa shape index (κ1) is 11.7. The van der Waals surface area contributed by atoms with Crippen molar-refractivity contribution < 1.29 is 0 Å². The van der Waals surface area contributed by atoms with Gasteiger partial charge >= 0.3 is 0 Å². The Bertz CT molecular complexity index is 188. The maximum absolute atomic E-state index is 5.73. The lowest BCUT2D eigenvalue weighted by Gasteiger charge is -2.26. The highest BCUT2D eigenvalue weighted by atomic mass is 32.2. The number of nitrogens with two attached hydrogens (primary N) is 1. The summed E-state index contributed by atoms with van der Waals surface area (Å²) in [5.41, 5.74) is 5.73. The number of nitrogens with one attached hydrogen (secondary N) is 1. The molecule has 0 atom stereocenters. The molecule has 3 nitrogen and oxygen atoms in total. The van der Waals surface area contributed by atoms with Crippen LogP contribution in [0.3, 0.4) is 0 Å². The number of hydrogen-bond acceptors (Lipinski definition) is 2. The van der Waals surface area contributed by atoms with Gasteiger partial charge in [-0.3, -0.25) is 4.99 Å². The molecule has 1 rings (SSSR count). The van der Waals surface area contributed by atoms with E-state index < -0.39 is 0 Å². The minimum atomic E-state index is 0.594. The SMILES string of the molecule is CC(C)SCCN=C(N)NC1CCC1. The minimum absolute atomic E-state index is 0.594. The van der Waals surface area contributed by atoms with Crippen LogP contribution in [0.15, 0.2) is 4.99 Å². The zero-order valence-electron chi connectivity index (χ0n) is 9.12. The van der Waals surface area contributed by atoms with Crippen molar-refractivity contribution in [1.29, 1.82) is 0 Å². The normalized spacial score (nSPS) is 18.4. The molecular weight excluding hydrogens is 194 g/mol. The van der Waals surface area contributed by atoms with Gasteiger partial charge in [0.25, 0.3) is 0 Å². The molecule has 0 unspecified atom stereocenters. The van der Waals surface area contributed by atoms with Crippen LogP contribution in [0.5, 0.6) is 0 Å². The van der Waals surface area contributed by atoms with Crippen LogP contribution >= 0.6 is 11.8 Å². The van der Waals surface area contributed by atoms with Crippen molar-refractivity contribution in [3.05, 3.63) is 0 Å². The van der Waals surface area contributed by atoms with E-state index in [1.165, 1.54) is 19.3 Å². The molecule has 0 radical (unpaired) electrons. The fraction of sp³-hybridized carbons (Fsp3) is 0.900. The van der Waals surface area contributed by atoms with E-state index in [4.69, 9.17) is 5.73 Å². The van der Waals surface area contributed by atoms with Crippen LogP contribution in [0.25, 0.3) is 0 Å². The van der Waals surface area contributed by atoms with E-state index in [0.717, 1.165) is 12.3 Å². The molecule has 14 heavy (non-hydrogen) atoms.